The fraction of sp³-hybridized carbons (Fsp3) is 0.583. The molecule has 2 rings (SSSR count). The molecule has 3 nitrogen and oxygen atoms in total. The summed E-state index contributed by atoms with van der Waals surface area (Å²) in [5.41, 5.74) is 1.32. The van der Waals surface area contributed by atoms with Gasteiger partial charge in [0.15, 0.2) is 0 Å². The highest BCUT2D eigenvalue weighted by Gasteiger charge is 2.14. The van der Waals surface area contributed by atoms with E-state index in [-0.39, 0.29) is 0 Å². The number of hydrogen-bond acceptors (Lipinski definition) is 3. The fourth-order valence-corrected chi connectivity index (χ4v) is 2.00. The van der Waals surface area contributed by atoms with Crippen molar-refractivity contribution in [2.45, 2.75) is 25.3 Å². The van der Waals surface area contributed by atoms with E-state index in [0.29, 0.717) is 6.04 Å². The number of nitrogens with zero attached hydrogens (tertiary/aromatic N) is 2. The Balaban J connectivity index is 2.08. The van der Waals surface area contributed by atoms with Crippen LogP contribution in [0.2, 0.25) is 0 Å². The standard InChI is InChI=1S/C12H19N3/c1-15(2)12-7-6-10(9-14-12)11-5-3-4-8-13-11/h6-7,9,11,13H,3-5,8H2,1-2H3/t11-/m0/s1. The van der Waals surface area contributed by atoms with Crippen LogP contribution in [0.1, 0.15) is 30.9 Å². The van der Waals surface area contributed by atoms with E-state index in [1.54, 1.807) is 0 Å². The van der Waals surface area contributed by atoms with Crippen LogP contribution in [-0.2, 0) is 0 Å². The van der Waals surface area contributed by atoms with Gasteiger partial charge in [-0.15, -0.1) is 0 Å². The second-order valence-corrected chi connectivity index (χ2v) is 4.35. The third kappa shape index (κ3) is 2.48. The number of piperidine rings is 1. The highest BCUT2D eigenvalue weighted by Crippen LogP contribution is 2.23. The molecule has 0 radical (unpaired) electrons. The summed E-state index contributed by atoms with van der Waals surface area (Å²) in [5, 5.41) is 3.53. The van der Waals surface area contributed by atoms with Crippen molar-refractivity contribution >= 4 is 5.82 Å². The van der Waals surface area contributed by atoms with E-state index in [1.165, 1.54) is 24.8 Å². The van der Waals surface area contributed by atoms with Crippen molar-refractivity contribution in [3.63, 3.8) is 0 Å². The average molecular weight is 205 g/mol. The van der Waals surface area contributed by atoms with Crippen molar-refractivity contribution in [2.75, 3.05) is 25.5 Å². The molecule has 0 aliphatic carbocycles. The quantitative estimate of drug-likeness (QED) is 0.800. The molecule has 1 aromatic heterocycles. The summed E-state index contributed by atoms with van der Waals surface area (Å²) in [4.78, 5) is 6.47. The highest BCUT2D eigenvalue weighted by atomic mass is 15.1. The third-order valence-electron chi connectivity index (χ3n) is 2.94. The maximum Gasteiger partial charge on any atom is 0.127 e. The number of nitrogens with one attached hydrogen (secondary N) is 1. The zero-order valence-corrected chi connectivity index (χ0v) is 9.53. The average Bonchev–Trinajstić information content (AvgIpc) is 2.30. The minimum Gasteiger partial charge on any atom is -0.363 e. The summed E-state index contributed by atoms with van der Waals surface area (Å²) in [7, 11) is 4.03. The van der Waals surface area contributed by atoms with Gasteiger partial charge < -0.3 is 10.2 Å². The zero-order valence-electron chi connectivity index (χ0n) is 9.53. The van der Waals surface area contributed by atoms with Gasteiger partial charge in [0.2, 0.25) is 0 Å². The lowest BCUT2D eigenvalue weighted by Gasteiger charge is -2.24. The molecule has 0 spiro atoms. The van der Waals surface area contributed by atoms with E-state index in [2.05, 4.69) is 22.4 Å². The van der Waals surface area contributed by atoms with Gasteiger partial charge in [-0.3, -0.25) is 0 Å². The molecule has 0 bridgehead atoms. The molecule has 2 heterocycles. The molecule has 1 aliphatic rings. The fourth-order valence-electron chi connectivity index (χ4n) is 2.00. The first-order valence-electron chi connectivity index (χ1n) is 5.64. The molecule has 1 aliphatic heterocycles. The van der Waals surface area contributed by atoms with E-state index in [4.69, 9.17) is 0 Å². The van der Waals surface area contributed by atoms with Crippen LogP contribution in [0.5, 0.6) is 0 Å². The van der Waals surface area contributed by atoms with Gasteiger partial charge in [0.05, 0.1) is 0 Å². The summed E-state index contributed by atoms with van der Waals surface area (Å²) in [5.74, 6) is 1.02. The third-order valence-corrected chi connectivity index (χ3v) is 2.94. The molecule has 3 heteroatoms. The predicted octanol–water partition coefficient (Wildman–Crippen LogP) is 1.96. The molecule has 1 saturated heterocycles. The smallest absolute Gasteiger partial charge is 0.127 e. The Bertz CT molecular complexity index is 299. The summed E-state index contributed by atoms with van der Waals surface area (Å²) >= 11 is 0. The van der Waals surface area contributed by atoms with Crippen molar-refractivity contribution in [1.29, 1.82) is 0 Å². The molecule has 0 aromatic carbocycles. The molecule has 1 N–H and O–H groups in total. The number of aromatic nitrogens is 1. The monoisotopic (exact) mass is 205 g/mol. The molecule has 82 valence electrons. The second-order valence-electron chi connectivity index (χ2n) is 4.35. The minimum absolute atomic E-state index is 0.516. The SMILES string of the molecule is CN(C)c1ccc([C@@H]2CCCCN2)cn1. The molecule has 1 atom stereocenters. The number of hydrogen-bond donors (Lipinski definition) is 1. The lowest BCUT2D eigenvalue weighted by molar-refractivity contribution is 0.411. The van der Waals surface area contributed by atoms with E-state index in [0.717, 1.165) is 12.4 Å². The number of rotatable bonds is 2. The first kappa shape index (κ1) is 10.4. The Morgan fingerprint density at radius 2 is 2.20 bits per heavy atom. The maximum absolute atomic E-state index is 4.44. The lowest BCUT2D eigenvalue weighted by Crippen LogP contribution is -2.26. The summed E-state index contributed by atoms with van der Waals surface area (Å²) < 4.78 is 0. The van der Waals surface area contributed by atoms with Gasteiger partial charge in [-0.05, 0) is 31.0 Å². The van der Waals surface area contributed by atoms with Crippen LogP contribution >= 0.6 is 0 Å². The molecule has 1 fully saturated rings. The predicted molar refractivity (Wildman–Crippen MR) is 63.2 cm³/mol. The normalized spacial score (nSPS) is 21.3. The van der Waals surface area contributed by atoms with Crippen molar-refractivity contribution in [2.24, 2.45) is 0 Å². The van der Waals surface area contributed by atoms with Gasteiger partial charge in [0, 0.05) is 26.3 Å². The van der Waals surface area contributed by atoms with Crippen LogP contribution in [0.3, 0.4) is 0 Å². The van der Waals surface area contributed by atoms with Crippen LogP contribution in [0.4, 0.5) is 5.82 Å². The van der Waals surface area contributed by atoms with Gasteiger partial charge in [0.1, 0.15) is 5.82 Å². The first-order valence-corrected chi connectivity index (χ1v) is 5.64. The van der Waals surface area contributed by atoms with E-state index < -0.39 is 0 Å². The Morgan fingerprint density at radius 3 is 2.73 bits per heavy atom. The van der Waals surface area contributed by atoms with Gasteiger partial charge in [-0.1, -0.05) is 12.5 Å². The molecule has 0 amide bonds. The van der Waals surface area contributed by atoms with E-state index >= 15 is 0 Å². The Labute approximate surface area is 91.5 Å². The van der Waals surface area contributed by atoms with Gasteiger partial charge in [-0.2, -0.15) is 0 Å². The Kier molecular flexibility index (Phi) is 3.21. The van der Waals surface area contributed by atoms with Crippen molar-refractivity contribution in [1.82, 2.24) is 10.3 Å². The Morgan fingerprint density at radius 1 is 1.33 bits per heavy atom. The van der Waals surface area contributed by atoms with Crippen molar-refractivity contribution in [3.05, 3.63) is 23.9 Å². The van der Waals surface area contributed by atoms with Gasteiger partial charge >= 0.3 is 0 Å². The second kappa shape index (κ2) is 4.62. The number of pyridine rings is 1. The van der Waals surface area contributed by atoms with E-state index in [1.807, 2.05) is 25.2 Å². The lowest BCUT2D eigenvalue weighted by atomic mass is 9.99. The Hall–Kier alpha value is -1.09. The van der Waals surface area contributed by atoms with Crippen molar-refractivity contribution < 1.29 is 0 Å². The zero-order chi connectivity index (χ0) is 10.7. The van der Waals surface area contributed by atoms with Crippen LogP contribution in [0, 0.1) is 0 Å². The molecule has 0 unspecified atom stereocenters. The summed E-state index contributed by atoms with van der Waals surface area (Å²) in [6.45, 7) is 1.14. The van der Waals surface area contributed by atoms with Crippen LogP contribution in [-0.4, -0.2) is 25.6 Å². The minimum atomic E-state index is 0.516. The summed E-state index contributed by atoms with van der Waals surface area (Å²) in [6.07, 6.45) is 5.87. The molecule has 1 aromatic rings. The van der Waals surface area contributed by atoms with Crippen LogP contribution in [0.25, 0.3) is 0 Å². The topological polar surface area (TPSA) is 28.2 Å². The van der Waals surface area contributed by atoms with Crippen LogP contribution in [0.15, 0.2) is 18.3 Å². The molecular formula is C12H19N3. The first-order chi connectivity index (χ1) is 7.27. The molecule has 15 heavy (non-hydrogen) atoms. The number of anilines is 1. The molecular weight excluding hydrogens is 186 g/mol. The maximum atomic E-state index is 4.44. The summed E-state index contributed by atoms with van der Waals surface area (Å²) in [6, 6.07) is 4.79. The molecule has 0 saturated carbocycles. The van der Waals surface area contributed by atoms with Crippen molar-refractivity contribution in [3.8, 4) is 0 Å². The van der Waals surface area contributed by atoms with Crippen LogP contribution < -0.4 is 10.2 Å². The van der Waals surface area contributed by atoms with E-state index in [9.17, 15) is 0 Å². The van der Waals surface area contributed by atoms with Gasteiger partial charge in [0.25, 0.3) is 0 Å². The largest absolute Gasteiger partial charge is 0.363 e. The van der Waals surface area contributed by atoms with Gasteiger partial charge in [-0.25, -0.2) is 4.98 Å². The highest BCUT2D eigenvalue weighted by molar-refractivity contribution is 5.37.